The van der Waals surface area contributed by atoms with Gasteiger partial charge in [0, 0.05) is 6.42 Å². The Hall–Kier alpha value is -0.370. The zero-order valence-corrected chi connectivity index (χ0v) is 10.1. The Morgan fingerprint density at radius 2 is 1.87 bits per heavy atom. The van der Waals surface area contributed by atoms with Crippen molar-refractivity contribution in [3.63, 3.8) is 0 Å². The van der Waals surface area contributed by atoms with Gasteiger partial charge >= 0.3 is 0 Å². The molecule has 2 aliphatic rings. The van der Waals surface area contributed by atoms with Crippen LogP contribution < -0.4 is 0 Å². The quantitative estimate of drug-likeness (QED) is 0.693. The van der Waals surface area contributed by atoms with Crippen molar-refractivity contribution in [2.24, 2.45) is 5.92 Å². The number of carbonyl (C=O) groups excluding carboxylic acids is 1. The van der Waals surface area contributed by atoms with Gasteiger partial charge in [0.05, 0.1) is 5.54 Å². The molecular weight excluding hydrogens is 186 g/mol. The van der Waals surface area contributed by atoms with Gasteiger partial charge in [0.15, 0.2) is 5.78 Å². The van der Waals surface area contributed by atoms with Crippen LogP contribution >= 0.6 is 0 Å². The average molecular weight is 209 g/mol. The molecule has 15 heavy (non-hydrogen) atoms. The number of likely N-dealkylation sites (N-methyl/N-ethyl adjacent to an activating group) is 1. The maximum Gasteiger partial charge on any atom is 0.153 e. The third-order valence-corrected chi connectivity index (χ3v) is 4.28. The van der Waals surface area contributed by atoms with Crippen LogP contribution in [0.25, 0.3) is 0 Å². The molecule has 2 fully saturated rings. The molecule has 0 spiro atoms. The van der Waals surface area contributed by atoms with Gasteiger partial charge in [0.25, 0.3) is 0 Å². The van der Waals surface area contributed by atoms with Crippen molar-refractivity contribution in [2.75, 3.05) is 14.1 Å². The Morgan fingerprint density at radius 3 is 2.33 bits per heavy atom. The predicted octanol–water partition coefficient (Wildman–Crippen LogP) is 2.62. The molecule has 0 amide bonds. The second-order valence-electron chi connectivity index (χ2n) is 5.54. The fraction of sp³-hybridized carbons (Fsp3) is 0.923. The molecular formula is C13H23NO. The van der Waals surface area contributed by atoms with E-state index in [-0.39, 0.29) is 5.54 Å². The number of rotatable bonds is 5. The summed E-state index contributed by atoms with van der Waals surface area (Å²) in [5, 5.41) is 0. The number of hydrogen-bond donors (Lipinski definition) is 0. The van der Waals surface area contributed by atoms with Gasteiger partial charge in [-0.1, -0.05) is 25.7 Å². The van der Waals surface area contributed by atoms with Gasteiger partial charge in [0.2, 0.25) is 0 Å². The number of ketones is 1. The molecule has 0 N–H and O–H groups in total. The van der Waals surface area contributed by atoms with Crippen LogP contribution in [0, 0.1) is 5.92 Å². The van der Waals surface area contributed by atoms with Crippen molar-refractivity contribution in [1.29, 1.82) is 0 Å². The highest BCUT2D eigenvalue weighted by Crippen LogP contribution is 2.38. The molecule has 0 aromatic rings. The molecule has 2 heteroatoms. The van der Waals surface area contributed by atoms with Crippen molar-refractivity contribution < 1.29 is 4.79 Å². The van der Waals surface area contributed by atoms with Crippen molar-refractivity contribution >= 4 is 5.78 Å². The van der Waals surface area contributed by atoms with Gasteiger partial charge in [-0.15, -0.1) is 0 Å². The first-order valence-electron chi connectivity index (χ1n) is 6.36. The Kier molecular flexibility index (Phi) is 3.15. The summed E-state index contributed by atoms with van der Waals surface area (Å²) in [5.41, 5.74) is -0.0884. The summed E-state index contributed by atoms with van der Waals surface area (Å²) in [6.45, 7) is 0. The standard InChI is InChI=1S/C13H23NO/c1-14(2)13(9-3-4-10-13)12(15)8-7-11-5-6-11/h11H,3-10H2,1-2H3. The molecule has 2 aliphatic carbocycles. The summed E-state index contributed by atoms with van der Waals surface area (Å²) in [6.07, 6.45) is 9.33. The largest absolute Gasteiger partial charge is 0.298 e. The van der Waals surface area contributed by atoms with E-state index in [1.165, 1.54) is 25.7 Å². The molecule has 0 unspecified atom stereocenters. The Balaban J connectivity index is 1.93. The zero-order valence-electron chi connectivity index (χ0n) is 10.1. The van der Waals surface area contributed by atoms with E-state index in [0.29, 0.717) is 5.78 Å². The van der Waals surface area contributed by atoms with E-state index in [2.05, 4.69) is 19.0 Å². The molecule has 0 aromatic heterocycles. The van der Waals surface area contributed by atoms with Crippen LogP contribution in [-0.4, -0.2) is 30.3 Å². The van der Waals surface area contributed by atoms with Gasteiger partial charge in [0.1, 0.15) is 0 Å². The van der Waals surface area contributed by atoms with Crippen LogP contribution in [0.3, 0.4) is 0 Å². The minimum absolute atomic E-state index is 0.0884. The molecule has 0 saturated heterocycles. The van der Waals surface area contributed by atoms with Gasteiger partial charge in [-0.25, -0.2) is 0 Å². The SMILES string of the molecule is CN(C)C1(C(=O)CCC2CC2)CCCC1. The van der Waals surface area contributed by atoms with E-state index >= 15 is 0 Å². The Morgan fingerprint density at radius 1 is 1.27 bits per heavy atom. The fourth-order valence-corrected chi connectivity index (χ4v) is 2.91. The summed E-state index contributed by atoms with van der Waals surface area (Å²) >= 11 is 0. The number of hydrogen-bond acceptors (Lipinski definition) is 2. The zero-order chi connectivity index (χ0) is 10.9. The smallest absolute Gasteiger partial charge is 0.153 e. The second-order valence-corrected chi connectivity index (χ2v) is 5.54. The van der Waals surface area contributed by atoms with Crippen LogP contribution in [0.4, 0.5) is 0 Å². The fourth-order valence-electron chi connectivity index (χ4n) is 2.91. The molecule has 0 bridgehead atoms. The molecule has 2 rings (SSSR count). The lowest BCUT2D eigenvalue weighted by Crippen LogP contribution is -2.48. The predicted molar refractivity (Wildman–Crippen MR) is 61.9 cm³/mol. The summed E-state index contributed by atoms with van der Waals surface area (Å²) in [4.78, 5) is 14.5. The average Bonchev–Trinajstić information content (AvgIpc) is 2.89. The maximum atomic E-state index is 12.3. The van der Waals surface area contributed by atoms with Crippen LogP contribution in [0.1, 0.15) is 51.4 Å². The molecule has 2 saturated carbocycles. The van der Waals surface area contributed by atoms with Crippen molar-refractivity contribution in [1.82, 2.24) is 4.90 Å². The van der Waals surface area contributed by atoms with E-state index in [1.807, 2.05) is 0 Å². The minimum Gasteiger partial charge on any atom is -0.298 e. The molecule has 0 atom stereocenters. The molecule has 0 heterocycles. The lowest BCUT2D eigenvalue weighted by Gasteiger charge is -2.34. The highest BCUT2D eigenvalue weighted by Gasteiger charge is 2.42. The topological polar surface area (TPSA) is 20.3 Å². The molecule has 86 valence electrons. The maximum absolute atomic E-state index is 12.3. The van der Waals surface area contributed by atoms with E-state index in [1.54, 1.807) is 0 Å². The molecule has 0 aliphatic heterocycles. The second kappa shape index (κ2) is 4.25. The van der Waals surface area contributed by atoms with Crippen LogP contribution in [0.15, 0.2) is 0 Å². The summed E-state index contributed by atoms with van der Waals surface area (Å²) < 4.78 is 0. The first-order valence-corrected chi connectivity index (χ1v) is 6.36. The van der Waals surface area contributed by atoms with Crippen LogP contribution in [0.2, 0.25) is 0 Å². The number of nitrogens with zero attached hydrogens (tertiary/aromatic N) is 1. The highest BCUT2D eigenvalue weighted by atomic mass is 16.1. The van der Waals surface area contributed by atoms with Crippen molar-refractivity contribution in [3.8, 4) is 0 Å². The lowest BCUT2D eigenvalue weighted by atomic mass is 9.87. The van der Waals surface area contributed by atoms with E-state index in [9.17, 15) is 4.79 Å². The summed E-state index contributed by atoms with van der Waals surface area (Å²) in [7, 11) is 4.14. The van der Waals surface area contributed by atoms with Crippen LogP contribution in [-0.2, 0) is 4.79 Å². The van der Waals surface area contributed by atoms with Crippen molar-refractivity contribution in [2.45, 2.75) is 56.9 Å². The van der Waals surface area contributed by atoms with Crippen LogP contribution in [0.5, 0.6) is 0 Å². The van der Waals surface area contributed by atoms with Gasteiger partial charge in [-0.2, -0.15) is 0 Å². The third kappa shape index (κ3) is 2.25. The molecule has 0 radical (unpaired) electrons. The van der Waals surface area contributed by atoms with Gasteiger partial charge in [-0.3, -0.25) is 9.69 Å². The molecule has 0 aromatic carbocycles. The number of carbonyl (C=O) groups is 1. The summed E-state index contributed by atoms with van der Waals surface area (Å²) in [5.74, 6) is 1.39. The van der Waals surface area contributed by atoms with Gasteiger partial charge in [-0.05, 0) is 39.3 Å². The van der Waals surface area contributed by atoms with E-state index < -0.39 is 0 Å². The van der Waals surface area contributed by atoms with Crippen molar-refractivity contribution in [3.05, 3.63) is 0 Å². The van der Waals surface area contributed by atoms with Gasteiger partial charge < -0.3 is 0 Å². The first-order chi connectivity index (χ1) is 7.15. The summed E-state index contributed by atoms with van der Waals surface area (Å²) in [6, 6.07) is 0. The number of Topliss-reactive ketones (excluding diaryl/α,β-unsaturated/α-hetero) is 1. The Labute approximate surface area is 93.0 Å². The molecule has 2 nitrogen and oxygen atoms in total. The minimum atomic E-state index is -0.0884. The lowest BCUT2D eigenvalue weighted by molar-refractivity contribution is -0.129. The third-order valence-electron chi connectivity index (χ3n) is 4.28. The monoisotopic (exact) mass is 209 g/mol. The van der Waals surface area contributed by atoms with E-state index in [0.717, 1.165) is 31.6 Å². The normalized spacial score (nSPS) is 24.7. The first kappa shape index (κ1) is 11.1. The van der Waals surface area contributed by atoms with E-state index in [4.69, 9.17) is 0 Å². The Bertz CT molecular complexity index is 237. The highest BCUT2D eigenvalue weighted by molar-refractivity contribution is 5.88.